The van der Waals surface area contributed by atoms with Crippen LogP contribution in [0, 0.1) is 0 Å². The second-order valence-corrected chi connectivity index (χ2v) is 4.37. The highest BCUT2D eigenvalue weighted by Gasteiger charge is 2.04. The van der Waals surface area contributed by atoms with E-state index >= 15 is 0 Å². The standard InChI is InChI=1S/C14H18N2O/c1-2-10-6-7-12-11(4-3-5-14(15)17)9-16-13(12)8-10/h6-9,16H,2-5H2,1H3,(H2,15,17). The average Bonchev–Trinajstić information content (AvgIpc) is 2.71. The van der Waals surface area contributed by atoms with E-state index in [-0.39, 0.29) is 5.91 Å². The van der Waals surface area contributed by atoms with E-state index in [1.807, 2.05) is 6.20 Å². The quantitative estimate of drug-likeness (QED) is 0.814. The lowest BCUT2D eigenvalue weighted by Crippen LogP contribution is -2.10. The zero-order valence-corrected chi connectivity index (χ0v) is 10.1. The van der Waals surface area contributed by atoms with Crippen LogP contribution in [0.3, 0.4) is 0 Å². The highest BCUT2D eigenvalue weighted by atomic mass is 16.1. The fourth-order valence-electron chi connectivity index (χ4n) is 2.11. The van der Waals surface area contributed by atoms with Gasteiger partial charge in [-0.2, -0.15) is 0 Å². The molecule has 0 aliphatic heterocycles. The molecule has 0 bridgehead atoms. The van der Waals surface area contributed by atoms with E-state index in [1.54, 1.807) is 0 Å². The maximum atomic E-state index is 10.7. The molecule has 2 rings (SSSR count). The molecule has 0 spiro atoms. The summed E-state index contributed by atoms with van der Waals surface area (Å²) in [7, 11) is 0. The van der Waals surface area contributed by atoms with Gasteiger partial charge in [-0.1, -0.05) is 19.1 Å². The Morgan fingerprint density at radius 2 is 2.24 bits per heavy atom. The number of fused-ring (bicyclic) bond motifs is 1. The lowest BCUT2D eigenvalue weighted by atomic mass is 10.0. The van der Waals surface area contributed by atoms with Crippen LogP contribution in [-0.4, -0.2) is 10.9 Å². The van der Waals surface area contributed by atoms with Gasteiger partial charge in [-0.15, -0.1) is 0 Å². The van der Waals surface area contributed by atoms with Gasteiger partial charge in [0.15, 0.2) is 0 Å². The zero-order valence-electron chi connectivity index (χ0n) is 10.1. The molecule has 0 unspecified atom stereocenters. The van der Waals surface area contributed by atoms with Crippen molar-refractivity contribution in [3.05, 3.63) is 35.5 Å². The molecular weight excluding hydrogens is 212 g/mol. The van der Waals surface area contributed by atoms with Crippen molar-refractivity contribution < 1.29 is 4.79 Å². The summed E-state index contributed by atoms with van der Waals surface area (Å²) in [4.78, 5) is 14.0. The summed E-state index contributed by atoms with van der Waals surface area (Å²) in [6, 6.07) is 6.50. The highest BCUT2D eigenvalue weighted by molar-refractivity contribution is 5.84. The average molecular weight is 230 g/mol. The van der Waals surface area contributed by atoms with Crippen LogP contribution in [0.1, 0.15) is 30.9 Å². The molecule has 1 amide bonds. The Bertz CT molecular complexity index is 528. The van der Waals surface area contributed by atoms with Gasteiger partial charge in [0.2, 0.25) is 5.91 Å². The largest absolute Gasteiger partial charge is 0.370 e. The van der Waals surface area contributed by atoms with Crippen molar-refractivity contribution in [3.8, 4) is 0 Å². The summed E-state index contributed by atoms with van der Waals surface area (Å²) in [6.07, 6.45) is 5.25. The predicted octanol–water partition coefficient (Wildman–Crippen LogP) is 2.54. The van der Waals surface area contributed by atoms with Crippen LogP contribution in [0.25, 0.3) is 10.9 Å². The van der Waals surface area contributed by atoms with Crippen LogP contribution in [0.5, 0.6) is 0 Å². The van der Waals surface area contributed by atoms with Crippen molar-refractivity contribution in [2.24, 2.45) is 5.73 Å². The van der Waals surface area contributed by atoms with Crippen molar-refractivity contribution >= 4 is 16.8 Å². The van der Waals surface area contributed by atoms with E-state index in [1.165, 1.54) is 22.0 Å². The molecule has 0 atom stereocenters. The molecule has 1 aromatic carbocycles. The van der Waals surface area contributed by atoms with Crippen LogP contribution in [0.15, 0.2) is 24.4 Å². The molecule has 3 N–H and O–H groups in total. The molecule has 3 heteroatoms. The first-order valence-corrected chi connectivity index (χ1v) is 6.08. The van der Waals surface area contributed by atoms with Gasteiger partial charge in [-0.3, -0.25) is 4.79 Å². The van der Waals surface area contributed by atoms with Crippen LogP contribution in [0.2, 0.25) is 0 Å². The number of carbonyl (C=O) groups excluding carboxylic acids is 1. The predicted molar refractivity (Wildman–Crippen MR) is 69.8 cm³/mol. The van der Waals surface area contributed by atoms with Crippen LogP contribution in [-0.2, 0) is 17.6 Å². The van der Waals surface area contributed by atoms with Crippen LogP contribution >= 0.6 is 0 Å². The number of primary amides is 1. The normalized spacial score (nSPS) is 10.9. The Labute approximate surface area is 101 Å². The molecule has 0 radical (unpaired) electrons. The summed E-state index contributed by atoms with van der Waals surface area (Å²) < 4.78 is 0. The molecule has 1 aromatic heterocycles. The number of aromatic nitrogens is 1. The topological polar surface area (TPSA) is 58.9 Å². The number of nitrogens with two attached hydrogens (primary N) is 1. The fourth-order valence-corrected chi connectivity index (χ4v) is 2.11. The van der Waals surface area contributed by atoms with Crippen LogP contribution < -0.4 is 5.73 Å². The second-order valence-electron chi connectivity index (χ2n) is 4.37. The zero-order chi connectivity index (χ0) is 12.3. The Hall–Kier alpha value is -1.77. The third-order valence-electron chi connectivity index (χ3n) is 3.11. The summed E-state index contributed by atoms with van der Waals surface area (Å²) in [5, 5.41) is 1.26. The lowest BCUT2D eigenvalue weighted by Gasteiger charge is -2.00. The van der Waals surface area contributed by atoms with Gasteiger partial charge in [0.1, 0.15) is 0 Å². The first-order chi connectivity index (χ1) is 8.20. The molecule has 3 nitrogen and oxygen atoms in total. The van der Waals surface area contributed by atoms with E-state index in [0.29, 0.717) is 6.42 Å². The lowest BCUT2D eigenvalue weighted by molar-refractivity contribution is -0.118. The van der Waals surface area contributed by atoms with Crippen LogP contribution in [0.4, 0.5) is 0 Å². The van der Waals surface area contributed by atoms with Crippen molar-refractivity contribution in [3.63, 3.8) is 0 Å². The van der Waals surface area contributed by atoms with Gasteiger partial charge in [0.25, 0.3) is 0 Å². The number of aromatic amines is 1. The van der Waals surface area contributed by atoms with E-state index < -0.39 is 0 Å². The Morgan fingerprint density at radius 3 is 2.94 bits per heavy atom. The molecule has 2 aromatic rings. The Kier molecular flexibility index (Phi) is 3.47. The minimum atomic E-state index is -0.224. The van der Waals surface area contributed by atoms with Gasteiger partial charge in [0, 0.05) is 23.5 Å². The number of hydrogen-bond acceptors (Lipinski definition) is 1. The number of amides is 1. The van der Waals surface area contributed by atoms with Crippen molar-refractivity contribution in [1.82, 2.24) is 4.98 Å². The minimum absolute atomic E-state index is 0.224. The third kappa shape index (κ3) is 2.67. The first kappa shape index (κ1) is 11.7. The first-order valence-electron chi connectivity index (χ1n) is 6.08. The van der Waals surface area contributed by atoms with Crippen molar-refractivity contribution in [1.29, 1.82) is 0 Å². The number of H-pyrrole nitrogens is 1. The van der Waals surface area contributed by atoms with E-state index in [4.69, 9.17) is 5.73 Å². The van der Waals surface area contributed by atoms with Gasteiger partial charge < -0.3 is 10.7 Å². The van der Waals surface area contributed by atoms with Gasteiger partial charge >= 0.3 is 0 Å². The summed E-state index contributed by atoms with van der Waals surface area (Å²) in [5.74, 6) is -0.224. The van der Waals surface area contributed by atoms with E-state index in [9.17, 15) is 4.79 Å². The van der Waals surface area contributed by atoms with Gasteiger partial charge in [-0.25, -0.2) is 0 Å². The number of hydrogen-bond donors (Lipinski definition) is 2. The molecule has 0 saturated heterocycles. The number of benzene rings is 1. The number of rotatable bonds is 5. The molecule has 90 valence electrons. The Balaban J connectivity index is 2.16. The summed E-state index contributed by atoms with van der Waals surface area (Å²) >= 11 is 0. The molecular formula is C14H18N2O. The second kappa shape index (κ2) is 5.04. The number of aryl methyl sites for hydroxylation is 2. The Morgan fingerprint density at radius 1 is 1.41 bits per heavy atom. The SMILES string of the molecule is CCc1ccc2c(CCCC(N)=O)c[nH]c2c1. The van der Waals surface area contributed by atoms with Gasteiger partial charge in [0.05, 0.1) is 0 Å². The van der Waals surface area contributed by atoms with E-state index in [2.05, 4.69) is 30.1 Å². The highest BCUT2D eigenvalue weighted by Crippen LogP contribution is 2.21. The molecule has 1 heterocycles. The minimum Gasteiger partial charge on any atom is -0.370 e. The third-order valence-corrected chi connectivity index (χ3v) is 3.11. The smallest absolute Gasteiger partial charge is 0.217 e. The maximum Gasteiger partial charge on any atom is 0.217 e. The summed E-state index contributed by atoms with van der Waals surface area (Å²) in [6.45, 7) is 2.15. The maximum absolute atomic E-state index is 10.7. The number of nitrogens with one attached hydrogen (secondary N) is 1. The van der Waals surface area contributed by atoms with Crippen molar-refractivity contribution in [2.75, 3.05) is 0 Å². The molecule has 0 saturated carbocycles. The molecule has 17 heavy (non-hydrogen) atoms. The fraction of sp³-hybridized carbons (Fsp3) is 0.357. The van der Waals surface area contributed by atoms with Crippen molar-refractivity contribution in [2.45, 2.75) is 32.6 Å². The molecule has 0 fully saturated rings. The monoisotopic (exact) mass is 230 g/mol. The van der Waals surface area contributed by atoms with Gasteiger partial charge in [-0.05, 0) is 36.5 Å². The molecule has 0 aliphatic rings. The van der Waals surface area contributed by atoms with E-state index in [0.717, 1.165) is 19.3 Å². The molecule has 0 aliphatic carbocycles. The summed E-state index contributed by atoms with van der Waals surface area (Å²) in [5.41, 5.74) is 8.92. The number of carbonyl (C=O) groups is 1.